The Balaban J connectivity index is 1.73. The highest BCUT2D eigenvalue weighted by atomic mass is 16.1. The lowest BCUT2D eigenvalue weighted by Crippen LogP contribution is -2.36. The number of hydrogen-bond acceptors (Lipinski definition) is 5. The first-order valence-electron chi connectivity index (χ1n) is 7.11. The molecule has 1 aliphatic rings. The quantitative estimate of drug-likeness (QED) is 0.818. The van der Waals surface area contributed by atoms with Gasteiger partial charge in [0.25, 0.3) is 11.3 Å². The van der Waals surface area contributed by atoms with Crippen molar-refractivity contribution in [1.82, 2.24) is 24.5 Å². The van der Waals surface area contributed by atoms with E-state index in [-0.39, 0.29) is 5.56 Å². The number of nitrogens with zero attached hydrogens (tertiary/aromatic N) is 4. The van der Waals surface area contributed by atoms with Gasteiger partial charge in [0.15, 0.2) is 0 Å². The average Bonchev–Trinajstić information content (AvgIpc) is 2.88. The summed E-state index contributed by atoms with van der Waals surface area (Å²) in [5, 5.41) is 2.75. The molecule has 1 fully saturated rings. The minimum atomic E-state index is -0.113. The molecule has 108 valence electrons. The van der Waals surface area contributed by atoms with Gasteiger partial charge in [-0.1, -0.05) is 0 Å². The third-order valence-corrected chi connectivity index (χ3v) is 3.88. The first-order valence-corrected chi connectivity index (χ1v) is 7.11. The maximum Gasteiger partial charge on any atom is 0.274 e. The summed E-state index contributed by atoms with van der Waals surface area (Å²) in [4.78, 5) is 22.7. The minimum absolute atomic E-state index is 0.113. The molecule has 3 heterocycles. The van der Waals surface area contributed by atoms with Crippen LogP contribution in [0.4, 0.5) is 0 Å². The fourth-order valence-corrected chi connectivity index (χ4v) is 2.94. The van der Waals surface area contributed by atoms with E-state index in [0.717, 1.165) is 31.7 Å². The average molecular weight is 276 g/mol. The van der Waals surface area contributed by atoms with E-state index in [0.29, 0.717) is 18.2 Å². The van der Waals surface area contributed by atoms with E-state index in [1.54, 1.807) is 6.07 Å². The summed E-state index contributed by atoms with van der Waals surface area (Å²) >= 11 is 0. The highest BCUT2D eigenvalue weighted by Gasteiger charge is 2.20. The van der Waals surface area contributed by atoms with Crippen LogP contribution in [-0.2, 0) is 6.54 Å². The van der Waals surface area contributed by atoms with E-state index in [1.807, 2.05) is 0 Å². The summed E-state index contributed by atoms with van der Waals surface area (Å²) in [6, 6.07) is 1.58. The number of rotatable bonds is 4. The Morgan fingerprint density at radius 3 is 3.25 bits per heavy atom. The summed E-state index contributed by atoms with van der Waals surface area (Å²) in [5.41, 5.74) is 6.32. The molecule has 0 aromatic carbocycles. The van der Waals surface area contributed by atoms with Crippen LogP contribution in [0.25, 0.3) is 5.78 Å². The van der Waals surface area contributed by atoms with Crippen LogP contribution in [0.1, 0.15) is 25.0 Å². The summed E-state index contributed by atoms with van der Waals surface area (Å²) in [7, 11) is 0. The van der Waals surface area contributed by atoms with Gasteiger partial charge >= 0.3 is 0 Å². The van der Waals surface area contributed by atoms with Gasteiger partial charge < -0.3 is 5.73 Å². The van der Waals surface area contributed by atoms with Crippen molar-refractivity contribution in [3.05, 3.63) is 28.4 Å². The van der Waals surface area contributed by atoms with Gasteiger partial charge in [-0.25, -0.2) is 9.97 Å². The molecule has 2 aromatic heterocycles. The van der Waals surface area contributed by atoms with Crippen LogP contribution in [0.3, 0.4) is 0 Å². The van der Waals surface area contributed by atoms with Crippen LogP contribution in [0.5, 0.6) is 0 Å². The number of nitrogens with two attached hydrogens (primary N) is 1. The minimum Gasteiger partial charge on any atom is -0.330 e. The van der Waals surface area contributed by atoms with Gasteiger partial charge in [0.2, 0.25) is 0 Å². The number of likely N-dealkylation sites (tertiary alicyclic amines) is 1. The summed E-state index contributed by atoms with van der Waals surface area (Å²) < 4.78 is 1.34. The smallest absolute Gasteiger partial charge is 0.274 e. The summed E-state index contributed by atoms with van der Waals surface area (Å²) in [6.07, 6.45) is 4.99. The zero-order valence-electron chi connectivity index (χ0n) is 11.5. The molecule has 1 unspecified atom stereocenters. The van der Waals surface area contributed by atoms with Crippen LogP contribution >= 0.6 is 0 Å². The number of fused-ring (bicyclic) bond motifs is 1. The molecular formula is C13H20N6O. The Morgan fingerprint density at radius 1 is 1.50 bits per heavy atom. The lowest BCUT2D eigenvalue weighted by molar-refractivity contribution is 0.161. The molecule has 3 N–H and O–H groups in total. The SMILES string of the molecule is NCCC1CCCN(Cc2cc(=O)n3[nH]cnc3n2)C1. The maximum atomic E-state index is 11.9. The third kappa shape index (κ3) is 2.73. The Labute approximate surface area is 116 Å². The molecule has 1 atom stereocenters. The molecule has 1 aliphatic heterocycles. The monoisotopic (exact) mass is 276 g/mol. The molecule has 3 rings (SSSR count). The van der Waals surface area contributed by atoms with Crippen molar-refractivity contribution in [3.63, 3.8) is 0 Å². The van der Waals surface area contributed by atoms with Crippen molar-refractivity contribution in [2.75, 3.05) is 19.6 Å². The van der Waals surface area contributed by atoms with E-state index < -0.39 is 0 Å². The van der Waals surface area contributed by atoms with Crippen LogP contribution in [0.2, 0.25) is 0 Å². The normalized spacial score (nSPS) is 20.6. The number of nitrogens with one attached hydrogen (secondary N) is 1. The summed E-state index contributed by atoms with van der Waals surface area (Å²) in [6.45, 7) is 3.55. The van der Waals surface area contributed by atoms with Crippen molar-refractivity contribution >= 4 is 5.78 Å². The van der Waals surface area contributed by atoms with Gasteiger partial charge in [0.1, 0.15) is 6.33 Å². The summed E-state index contributed by atoms with van der Waals surface area (Å²) in [5.74, 6) is 1.10. The second-order valence-electron chi connectivity index (χ2n) is 5.43. The zero-order chi connectivity index (χ0) is 13.9. The van der Waals surface area contributed by atoms with Crippen molar-refractivity contribution in [3.8, 4) is 0 Å². The molecule has 20 heavy (non-hydrogen) atoms. The molecule has 0 saturated carbocycles. The highest BCUT2D eigenvalue weighted by molar-refractivity contribution is 5.25. The van der Waals surface area contributed by atoms with Crippen LogP contribution in [0, 0.1) is 5.92 Å². The van der Waals surface area contributed by atoms with E-state index >= 15 is 0 Å². The molecule has 7 nitrogen and oxygen atoms in total. The van der Waals surface area contributed by atoms with Gasteiger partial charge in [-0.05, 0) is 38.3 Å². The maximum absolute atomic E-state index is 11.9. The first-order chi connectivity index (χ1) is 9.76. The number of aromatic nitrogens is 4. The third-order valence-electron chi connectivity index (χ3n) is 3.88. The lowest BCUT2D eigenvalue weighted by atomic mass is 9.95. The number of hydrogen-bond donors (Lipinski definition) is 2. The second-order valence-corrected chi connectivity index (χ2v) is 5.43. The van der Waals surface area contributed by atoms with Crippen LogP contribution < -0.4 is 11.3 Å². The van der Waals surface area contributed by atoms with Crippen LogP contribution in [0.15, 0.2) is 17.2 Å². The Bertz CT molecular complexity index is 631. The Kier molecular flexibility index (Phi) is 3.79. The molecule has 7 heteroatoms. The second kappa shape index (κ2) is 5.72. The van der Waals surface area contributed by atoms with Gasteiger partial charge in [-0.15, -0.1) is 0 Å². The van der Waals surface area contributed by atoms with Crippen molar-refractivity contribution < 1.29 is 0 Å². The molecule has 0 bridgehead atoms. The van der Waals surface area contributed by atoms with E-state index in [2.05, 4.69) is 20.0 Å². The van der Waals surface area contributed by atoms with Crippen molar-refractivity contribution in [2.45, 2.75) is 25.8 Å². The lowest BCUT2D eigenvalue weighted by Gasteiger charge is -2.32. The standard InChI is InChI=1S/C13H20N6O/c14-4-3-10-2-1-5-18(7-10)8-11-6-12(20)19-13(17-11)15-9-16-19/h6,9-10H,1-5,7-8,14H2,(H,15,16,17). The Morgan fingerprint density at radius 2 is 2.40 bits per heavy atom. The van der Waals surface area contributed by atoms with Crippen LogP contribution in [-0.4, -0.2) is 44.1 Å². The largest absolute Gasteiger partial charge is 0.330 e. The van der Waals surface area contributed by atoms with E-state index in [9.17, 15) is 4.79 Å². The highest BCUT2D eigenvalue weighted by Crippen LogP contribution is 2.20. The number of H-pyrrole nitrogens is 1. The van der Waals surface area contributed by atoms with E-state index in [4.69, 9.17) is 5.73 Å². The van der Waals surface area contributed by atoms with Gasteiger partial charge in [-0.3, -0.25) is 14.8 Å². The molecule has 0 aliphatic carbocycles. The van der Waals surface area contributed by atoms with E-state index in [1.165, 1.54) is 23.7 Å². The van der Waals surface area contributed by atoms with Crippen molar-refractivity contribution in [1.29, 1.82) is 0 Å². The molecule has 0 radical (unpaired) electrons. The van der Waals surface area contributed by atoms with Crippen molar-refractivity contribution in [2.24, 2.45) is 11.7 Å². The molecule has 1 saturated heterocycles. The molecule has 0 spiro atoms. The molecule has 2 aromatic rings. The number of aromatic amines is 1. The predicted octanol–water partition coefficient (Wildman–Crippen LogP) is -0.0216. The Hall–Kier alpha value is -1.73. The topological polar surface area (TPSA) is 92.3 Å². The molecule has 0 amide bonds. The first kappa shape index (κ1) is 13.3. The predicted molar refractivity (Wildman–Crippen MR) is 75.3 cm³/mol. The van der Waals surface area contributed by atoms with Gasteiger partial charge in [-0.2, -0.15) is 4.52 Å². The number of piperidine rings is 1. The molecular weight excluding hydrogens is 256 g/mol. The fourth-order valence-electron chi connectivity index (χ4n) is 2.94. The fraction of sp³-hybridized carbons (Fsp3) is 0.615. The zero-order valence-corrected chi connectivity index (χ0v) is 11.5. The van der Waals surface area contributed by atoms with Gasteiger partial charge in [0, 0.05) is 19.2 Å². The van der Waals surface area contributed by atoms with Gasteiger partial charge in [0.05, 0.1) is 5.69 Å².